The zero-order valence-corrected chi connectivity index (χ0v) is 17.3. The van der Waals surface area contributed by atoms with Crippen molar-refractivity contribution < 1.29 is 12.8 Å². The van der Waals surface area contributed by atoms with Crippen molar-refractivity contribution in [1.29, 1.82) is 0 Å². The highest BCUT2D eigenvalue weighted by molar-refractivity contribution is 7.91. The normalized spacial score (nSPS) is 12.6. The van der Waals surface area contributed by atoms with Crippen LogP contribution < -0.4 is 10.6 Å². The maximum atomic E-state index is 12.1. The summed E-state index contributed by atoms with van der Waals surface area (Å²) in [6.07, 6.45) is 0. The second kappa shape index (κ2) is 8.65. The summed E-state index contributed by atoms with van der Waals surface area (Å²) >= 11 is 1.24. The molecule has 0 spiro atoms. The van der Waals surface area contributed by atoms with E-state index in [1.807, 2.05) is 20.8 Å². The summed E-state index contributed by atoms with van der Waals surface area (Å²) in [7, 11) is -0.350. The third kappa shape index (κ3) is 5.05. The largest absolute Gasteiger partial charge is 0.444 e. The lowest BCUT2D eigenvalue weighted by Crippen LogP contribution is -2.36. The molecule has 0 unspecified atom stereocenters. The Morgan fingerprint density at radius 3 is 2.62 bits per heavy atom. The molecular formula is C16H25N5O3S2. The fourth-order valence-corrected chi connectivity index (χ4v) is 4.50. The predicted octanol–water partition coefficient (Wildman–Crippen LogP) is 1.86. The third-order valence-electron chi connectivity index (χ3n) is 3.59. The molecule has 2 rings (SSSR count). The first-order valence-electron chi connectivity index (χ1n) is 8.20. The Labute approximate surface area is 158 Å². The second-order valence-electron chi connectivity index (χ2n) is 5.81. The van der Waals surface area contributed by atoms with Crippen LogP contribution in [0, 0.1) is 13.8 Å². The van der Waals surface area contributed by atoms with E-state index in [0.717, 1.165) is 16.3 Å². The number of aromatic nitrogens is 1. The number of oxazole rings is 1. The van der Waals surface area contributed by atoms with Crippen LogP contribution in [0.5, 0.6) is 0 Å². The molecule has 0 aromatic carbocycles. The van der Waals surface area contributed by atoms with Crippen molar-refractivity contribution >= 4 is 27.3 Å². The highest BCUT2D eigenvalue weighted by atomic mass is 32.2. The summed E-state index contributed by atoms with van der Waals surface area (Å²) in [5, 5.41) is 6.34. The van der Waals surface area contributed by atoms with Crippen molar-refractivity contribution in [2.75, 3.05) is 20.6 Å². The Hall–Kier alpha value is -1.91. The molecule has 0 aliphatic rings. The first-order valence-corrected chi connectivity index (χ1v) is 10.5. The van der Waals surface area contributed by atoms with Crippen LogP contribution in [0.2, 0.25) is 0 Å². The van der Waals surface area contributed by atoms with Gasteiger partial charge in [0.1, 0.15) is 16.5 Å². The molecule has 10 heteroatoms. The maximum Gasteiger partial charge on any atom is 0.252 e. The molecule has 2 aromatic rings. The topological polar surface area (TPSA) is 99.8 Å². The minimum absolute atomic E-state index is 0.326. The fraction of sp³-hybridized carbons (Fsp3) is 0.500. The molecule has 0 saturated heterocycles. The zero-order chi connectivity index (χ0) is 19.3. The third-order valence-corrected chi connectivity index (χ3v) is 6.96. The first-order chi connectivity index (χ1) is 12.2. The number of thiophene rings is 1. The fourth-order valence-electron chi connectivity index (χ4n) is 2.04. The van der Waals surface area contributed by atoms with Crippen LogP contribution in [0.3, 0.4) is 0 Å². The minimum Gasteiger partial charge on any atom is -0.444 e. The molecule has 0 aliphatic carbocycles. The lowest BCUT2D eigenvalue weighted by Gasteiger charge is -2.10. The average Bonchev–Trinajstić information content (AvgIpc) is 3.17. The van der Waals surface area contributed by atoms with Gasteiger partial charge in [-0.25, -0.2) is 22.7 Å². The van der Waals surface area contributed by atoms with E-state index < -0.39 is 10.0 Å². The molecule has 26 heavy (non-hydrogen) atoms. The van der Waals surface area contributed by atoms with E-state index in [9.17, 15) is 8.42 Å². The van der Waals surface area contributed by atoms with Crippen LogP contribution in [0.1, 0.15) is 29.1 Å². The van der Waals surface area contributed by atoms with Gasteiger partial charge < -0.3 is 15.1 Å². The number of guanidine groups is 1. The minimum atomic E-state index is -3.40. The Morgan fingerprint density at radius 2 is 2.04 bits per heavy atom. The van der Waals surface area contributed by atoms with Crippen LogP contribution in [-0.4, -0.2) is 44.3 Å². The van der Waals surface area contributed by atoms with Crippen LogP contribution in [0.15, 0.2) is 25.8 Å². The van der Waals surface area contributed by atoms with Gasteiger partial charge in [0.15, 0.2) is 5.96 Å². The summed E-state index contributed by atoms with van der Waals surface area (Å²) in [5.41, 5.74) is 0.862. The van der Waals surface area contributed by atoms with E-state index in [1.54, 1.807) is 12.1 Å². The van der Waals surface area contributed by atoms with Gasteiger partial charge in [-0.05, 0) is 32.9 Å². The van der Waals surface area contributed by atoms with Gasteiger partial charge in [-0.3, -0.25) is 0 Å². The van der Waals surface area contributed by atoms with Crippen molar-refractivity contribution in [3.63, 3.8) is 0 Å². The molecular weight excluding hydrogens is 374 g/mol. The summed E-state index contributed by atoms with van der Waals surface area (Å²) in [6.45, 7) is 7.25. The molecule has 2 heterocycles. The average molecular weight is 400 g/mol. The number of aryl methyl sites for hydroxylation is 2. The zero-order valence-electron chi connectivity index (χ0n) is 15.7. The lowest BCUT2D eigenvalue weighted by atomic mass is 10.4. The Balaban J connectivity index is 2.02. The highest BCUT2D eigenvalue weighted by Gasteiger charge is 2.19. The SMILES string of the molecule is CCNC(=NCc1nc(C)c(C)o1)NCc1ccc(S(=O)(=O)N(C)C)s1. The molecule has 2 aromatic heterocycles. The maximum absolute atomic E-state index is 12.1. The summed E-state index contributed by atoms with van der Waals surface area (Å²) in [5.74, 6) is 1.97. The van der Waals surface area contributed by atoms with E-state index in [2.05, 4.69) is 20.6 Å². The van der Waals surface area contributed by atoms with Crippen LogP contribution >= 0.6 is 11.3 Å². The van der Waals surface area contributed by atoms with Crippen molar-refractivity contribution in [1.82, 2.24) is 19.9 Å². The number of rotatable bonds is 7. The quantitative estimate of drug-likeness (QED) is 0.544. The van der Waals surface area contributed by atoms with Gasteiger partial charge >= 0.3 is 0 Å². The molecule has 0 radical (unpaired) electrons. The molecule has 2 N–H and O–H groups in total. The number of hydrogen-bond acceptors (Lipinski definition) is 6. The number of sulfonamides is 1. The smallest absolute Gasteiger partial charge is 0.252 e. The van der Waals surface area contributed by atoms with Crippen molar-refractivity contribution in [2.45, 2.75) is 38.1 Å². The molecule has 8 nitrogen and oxygen atoms in total. The summed E-state index contributed by atoms with van der Waals surface area (Å²) in [4.78, 5) is 9.66. The van der Waals surface area contributed by atoms with E-state index in [1.165, 1.54) is 29.7 Å². The van der Waals surface area contributed by atoms with E-state index in [4.69, 9.17) is 4.42 Å². The standard InChI is InChI=1S/C16H25N5O3S2/c1-6-17-16(19-10-14-20-11(2)12(3)24-14)18-9-13-7-8-15(25-13)26(22,23)21(4)5/h7-8H,6,9-10H2,1-5H3,(H2,17,18,19). The lowest BCUT2D eigenvalue weighted by molar-refractivity contribution is 0.473. The van der Waals surface area contributed by atoms with Gasteiger partial charge in [0.2, 0.25) is 5.89 Å². The van der Waals surface area contributed by atoms with Crippen LogP contribution in [-0.2, 0) is 23.1 Å². The Bertz CT molecular complexity index is 849. The Kier molecular flexibility index (Phi) is 6.79. The van der Waals surface area contributed by atoms with Crippen LogP contribution in [0.25, 0.3) is 0 Å². The number of aliphatic imine (C=N–C) groups is 1. The monoisotopic (exact) mass is 399 g/mol. The van der Waals surface area contributed by atoms with Crippen molar-refractivity contribution in [2.24, 2.45) is 4.99 Å². The van der Waals surface area contributed by atoms with Crippen molar-refractivity contribution in [3.05, 3.63) is 34.4 Å². The first kappa shape index (κ1) is 20.4. The van der Waals surface area contributed by atoms with Crippen molar-refractivity contribution in [3.8, 4) is 0 Å². The number of nitrogens with zero attached hydrogens (tertiary/aromatic N) is 3. The van der Waals surface area contributed by atoms with E-state index in [-0.39, 0.29) is 0 Å². The molecule has 0 aliphatic heterocycles. The molecule has 0 amide bonds. The molecule has 0 atom stereocenters. The second-order valence-corrected chi connectivity index (χ2v) is 9.35. The van der Waals surface area contributed by atoms with Gasteiger partial charge in [0.05, 0.1) is 12.2 Å². The van der Waals surface area contributed by atoms with Crippen LogP contribution in [0.4, 0.5) is 0 Å². The predicted molar refractivity (Wildman–Crippen MR) is 103 cm³/mol. The Morgan fingerprint density at radius 1 is 1.31 bits per heavy atom. The summed E-state index contributed by atoms with van der Waals surface area (Å²) in [6, 6.07) is 3.43. The van der Waals surface area contributed by atoms with Gasteiger partial charge in [-0.15, -0.1) is 11.3 Å². The van der Waals surface area contributed by atoms with Gasteiger partial charge in [-0.2, -0.15) is 0 Å². The molecule has 144 valence electrons. The molecule has 0 bridgehead atoms. The van der Waals surface area contributed by atoms with Gasteiger partial charge in [0, 0.05) is 25.5 Å². The van der Waals surface area contributed by atoms with E-state index >= 15 is 0 Å². The number of hydrogen-bond donors (Lipinski definition) is 2. The molecule has 0 saturated carbocycles. The highest BCUT2D eigenvalue weighted by Crippen LogP contribution is 2.23. The number of nitrogens with one attached hydrogen (secondary N) is 2. The van der Waals surface area contributed by atoms with E-state index in [0.29, 0.717) is 35.7 Å². The van der Waals surface area contributed by atoms with Gasteiger partial charge in [0.25, 0.3) is 10.0 Å². The molecule has 0 fully saturated rings. The van der Waals surface area contributed by atoms with Gasteiger partial charge in [-0.1, -0.05) is 0 Å². The summed E-state index contributed by atoms with van der Waals surface area (Å²) < 4.78 is 31.3.